The van der Waals surface area contributed by atoms with Crippen LogP contribution in [0.15, 0.2) is 48.5 Å². The minimum Gasteiger partial charge on any atom is -0.457 e. The van der Waals surface area contributed by atoms with Crippen molar-refractivity contribution in [1.29, 1.82) is 0 Å². The minimum atomic E-state index is -0.679. The van der Waals surface area contributed by atoms with Gasteiger partial charge in [-0.05, 0) is 84.8 Å². The Morgan fingerprint density at radius 3 is 1.88 bits per heavy atom. The number of rotatable bonds is 4. The molecule has 0 radical (unpaired) electrons. The van der Waals surface area contributed by atoms with Crippen LogP contribution in [0, 0.1) is 13.8 Å². The standard InChI is InChI=1S/C29H31NO2/c1-6-10-20-16-26-24(14-18(20)3)29(23-13-9-8-12-22(23)28(31)30(29)5)25-15-19(4)21(11-7-2)17-27(25)32-26/h8-9,12-17H,6-7,10-11H2,1-5H3. The first-order valence-corrected chi connectivity index (χ1v) is 11.8. The number of benzene rings is 3. The van der Waals surface area contributed by atoms with Gasteiger partial charge >= 0.3 is 0 Å². The number of ether oxygens (including phenoxy) is 1. The summed E-state index contributed by atoms with van der Waals surface area (Å²) in [5.74, 6) is 1.80. The second kappa shape index (κ2) is 7.51. The molecule has 3 nitrogen and oxygen atoms in total. The number of amides is 1. The van der Waals surface area contributed by atoms with Crippen LogP contribution < -0.4 is 4.74 Å². The summed E-state index contributed by atoms with van der Waals surface area (Å²) in [4.78, 5) is 15.4. The van der Waals surface area contributed by atoms with Gasteiger partial charge in [0.25, 0.3) is 5.91 Å². The monoisotopic (exact) mass is 425 g/mol. The molecule has 0 unspecified atom stereocenters. The zero-order valence-electron chi connectivity index (χ0n) is 19.7. The van der Waals surface area contributed by atoms with Crippen LogP contribution in [0.3, 0.4) is 0 Å². The van der Waals surface area contributed by atoms with Crippen LogP contribution in [-0.4, -0.2) is 17.9 Å². The van der Waals surface area contributed by atoms with E-state index < -0.39 is 5.54 Å². The average Bonchev–Trinajstić information content (AvgIpc) is 3.00. The van der Waals surface area contributed by atoms with Crippen molar-refractivity contribution in [2.45, 2.75) is 58.9 Å². The fraction of sp³-hybridized carbons (Fsp3) is 0.345. The fourth-order valence-corrected chi connectivity index (χ4v) is 5.69. The zero-order chi connectivity index (χ0) is 22.6. The normalized spacial score (nSPS) is 15.4. The number of fused-ring (bicyclic) bond motifs is 6. The van der Waals surface area contributed by atoms with Gasteiger partial charge in [0.2, 0.25) is 0 Å². The number of nitrogens with zero attached hydrogens (tertiary/aromatic N) is 1. The van der Waals surface area contributed by atoms with E-state index in [4.69, 9.17) is 4.74 Å². The Balaban J connectivity index is 1.88. The lowest BCUT2D eigenvalue weighted by atomic mass is 9.73. The van der Waals surface area contributed by atoms with Gasteiger partial charge in [0.15, 0.2) is 0 Å². The molecule has 0 bridgehead atoms. The minimum absolute atomic E-state index is 0.0602. The Morgan fingerprint density at radius 1 is 0.812 bits per heavy atom. The second-order valence-electron chi connectivity index (χ2n) is 9.27. The molecule has 1 amide bonds. The first kappa shape index (κ1) is 20.8. The number of carbonyl (C=O) groups is 1. The van der Waals surface area contributed by atoms with Gasteiger partial charge in [-0.2, -0.15) is 0 Å². The fourth-order valence-electron chi connectivity index (χ4n) is 5.69. The number of carbonyl (C=O) groups excluding carboxylic acids is 1. The smallest absolute Gasteiger partial charge is 0.255 e. The van der Waals surface area contributed by atoms with Gasteiger partial charge in [-0.15, -0.1) is 0 Å². The van der Waals surface area contributed by atoms with E-state index in [1.165, 1.54) is 22.3 Å². The van der Waals surface area contributed by atoms with Gasteiger partial charge in [-0.25, -0.2) is 0 Å². The lowest BCUT2D eigenvalue weighted by molar-refractivity contribution is 0.0727. The maximum Gasteiger partial charge on any atom is 0.255 e. The predicted octanol–water partition coefficient (Wildman–Crippen LogP) is 6.69. The summed E-state index contributed by atoms with van der Waals surface area (Å²) >= 11 is 0. The predicted molar refractivity (Wildman–Crippen MR) is 129 cm³/mol. The van der Waals surface area contributed by atoms with Crippen molar-refractivity contribution in [2.75, 3.05) is 7.05 Å². The van der Waals surface area contributed by atoms with Crippen molar-refractivity contribution in [3.8, 4) is 11.5 Å². The molecule has 5 rings (SSSR count). The molecule has 3 aromatic rings. The molecule has 164 valence electrons. The van der Waals surface area contributed by atoms with Crippen LogP contribution in [0.1, 0.15) is 76.0 Å². The lowest BCUT2D eigenvalue weighted by Crippen LogP contribution is -2.45. The van der Waals surface area contributed by atoms with Gasteiger partial charge in [0, 0.05) is 23.7 Å². The summed E-state index contributed by atoms with van der Waals surface area (Å²) < 4.78 is 6.61. The number of aryl methyl sites for hydroxylation is 4. The molecule has 3 heteroatoms. The third-order valence-electron chi connectivity index (χ3n) is 7.27. The second-order valence-corrected chi connectivity index (χ2v) is 9.27. The SMILES string of the molecule is CCCc1cc2c(cc1C)C1(c3cc(C)c(CCC)cc3O2)c2ccccc2C(=O)N1C. The summed E-state index contributed by atoms with van der Waals surface area (Å²) in [7, 11) is 1.94. The van der Waals surface area contributed by atoms with Crippen LogP contribution in [-0.2, 0) is 18.4 Å². The van der Waals surface area contributed by atoms with Crippen molar-refractivity contribution in [3.63, 3.8) is 0 Å². The maximum absolute atomic E-state index is 13.5. The summed E-state index contributed by atoms with van der Waals surface area (Å²) in [5, 5.41) is 0. The van der Waals surface area contributed by atoms with Gasteiger partial charge in [0.1, 0.15) is 17.0 Å². The molecule has 2 aliphatic rings. The van der Waals surface area contributed by atoms with Crippen LogP contribution in [0.4, 0.5) is 0 Å². The third-order valence-corrected chi connectivity index (χ3v) is 7.27. The molecule has 0 atom stereocenters. The van der Waals surface area contributed by atoms with Crippen LogP contribution in [0.25, 0.3) is 0 Å². The topological polar surface area (TPSA) is 29.5 Å². The zero-order valence-corrected chi connectivity index (χ0v) is 19.7. The van der Waals surface area contributed by atoms with Crippen LogP contribution >= 0.6 is 0 Å². The highest BCUT2D eigenvalue weighted by atomic mass is 16.5. The van der Waals surface area contributed by atoms with E-state index >= 15 is 0 Å². The molecule has 0 aliphatic carbocycles. The Labute approximate surface area is 191 Å². The summed E-state index contributed by atoms with van der Waals surface area (Å²) in [6, 6.07) is 17.0. The van der Waals surface area contributed by atoms with Crippen LogP contribution in [0.2, 0.25) is 0 Å². The molecule has 0 fully saturated rings. The average molecular weight is 426 g/mol. The number of hydrogen-bond donors (Lipinski definition) is 0. The van der Waals surface area contributed by atoms with Crippen molar-refractivity contribution >= 4 is 5.91 Å². The van der Waals surface area contributed by atoms with Gasteiger partial charge < -0.3 is 9.64 Å². The highest BCUT2D eigenvalue weighted by Crippen LogP contribution is 2.57. The molecule has 0 aromatic heterocycles. The molecule has 2 heterocycles. The van der Waals surface area contributed by atoms with E-state index in [9.17, 15) is 4.79 Å². The first-order valence-electron chi connectivity index (χ1n) is 11.8. The molecule has 0 N–H and O–H groups in total. The molecular weight excluding hydrogens is 394 g/mol. The van der Waals surface area contributed by atoms with Crippen molar-refractivity contribution in [2.24, 2.45) is 0 Å². The highest BCUT2D eigenvalue weighted by Gasteiger charge is 2.55. The van der Waals surface area contributed by atoms with Gasteiger partial charge in [-0.3, -0.25) is 4.79 Å². The van der Waals surface area contributed by atoms with Crippen molar-refractivity contribution < 1.29 is 9.53 Å². The van der Waals surface area contributed by atoms with Gasteiger partial charge in [-0.1, -0.05) is 44.9 Å². The Kier molecular flexibility index (Phi) is 4.88. The van der Waals surface area contributed by atoms with Gasteiger partial charge in [0.05, 0.1) is 0 Å². The molecule has 1 spiro atoms. The summed E-state index contributed by atoms with van der Waals surface area (Å²) in [6.45, 7) is 8.76. The molecule has 0 saturated carbocycles. The van der Waals surface area contributed by atoms with Crippen LogP contribution in [0.5, 0.6) is 11.5 Å². The molecule has 32 heavy (non-hydrogen) atoms. The quantitative estimate of drug-likeness (QED) is 0.466. The van der Waals surface area contributed by atoms with E-state index in [2.05, 4.69) is 58.0 Å². The largest absolute Gasteiger partial charge is 0.457 e. The number of hydrogen-bond acceptors (Lipinski definition) is 2. The maximum atomic E-state index is 13.5. The van der Waals surface area contributed by atoms with Crippen molar-refractivity contribution in [3.05, 3.63) is 93.0 Å². The molecular formula is C29H31NO2. The Bertz CT molecular complexity index is 1180. The van der Waals surface area contributed by atoms with E-state index in [1.54, 1.807) is 0 Å². The molecule has 2 aliphatic heterocycles. The highest BCUT2D eigenvalue weighted by molar-refractivity contribution is 6.02. The molecule has 3 aromatic carbocycles. The third kappa shape index (κ3) is 2.70. The van der Waals surface area contributed by atoms with E-state index in [-0.39, 0.29) is 5.91 Å². The Hall–Kier alpha value is -3.07. The summed E-state index contributed by atoms with van der Waals surface area (Å²) in [6.07, 6.45) is 4.20. The van der Waals surface area contributed by atoms with Crippen molar-refractivity contribution in [1.82, 2.24) is 4.90 Å². The first-order chi connectivity index (χ1) is 15.4. The lowest BCUT2D eigenvalue weighted by Gasteiger charge is -2.43. The summed E-state index contributed by atoms with van der Waals surface area (Å²) in [5.41, 5.74) is 8.39. The van der Waals surface area contributed by atoms with E-state index in [0.717, 1.165) is 59.4 Å². The van der Waals surface area contributed by atoms with E-state index in [1.807, 2.05) is 30.1 Å². The Morgan fingerprint density at radius 2 is 1.34 bits per heavy atom. The van der Waals surface area contributed by atoms with E-state index in [0.29, 0.717) is 0 Å². The molecule has 0 saturated heterocycles.